The van der Waals surface area contributed by atoms with E-state index in [2.05, 4.69) is 10.6 Å². The lowest BCUT2D eigenvalue weighted by molar-refractivity contribution is -0.383. The van der Waals surface area contributed by atoms with E-state index in [0.29, 0.717) is 0 Å². The molecule has 0 aliphatic rings. The highest BCUT2D eigenvalue weighted by molar-refractivity contribution is 5.93. The molecule has 1 unspecified atom stereocenters. The van der Waals surface area contributed by atoms with E-state index in [-0.39, 0.29) is 35.3 Å². The van der Waals surface area contributed by atoms with Crippen LogP contribution in [-0.4, -0.2) is 23.4 Å². The van der Waals surface area contributed by atoms with Crippen molar-refractivity contribution in [3.8, 4) is 6.07 Å². The molecule has 20 heavy (non-hydrogen) atoms. The average molecular weight is 276 g/mol. The van der Waals surface area contributed by atoms with E-state index < -0.39 is 4.92 Å². The van der Waals surface area contributed by atoms with Crippen LogP contribution in [0.15, 0.2) is 18.2 Å². The monoisotopic (exact) mass is 276 g/mol. The van der Waals surface area contributed by atoms with Gasteiger partial charge in [0.1, 0.15) is 5.69 Å². The van der Waals surface area contributed by atoms with Gasteiger partial charge in [-0.05, 0) is 25.6 Å². The van der Waals surface area contributed by atoms with Gasteiger partial charge in [-0.15, -0.1) is 0 Å². The number of carbonyl (C=O) groups is 1. The number of rotatable bonds is 6. The molecule has 2 N–H and O–H groups in total. The summed E-state index contributed by atoms with van der Waals surface area (Å²) in [5.74, 6) is -0.314. The fourth-order valence-corrected chi connectivity index (χ4v) is 1.76. The Morgan fingerprint density at radius 3 is 2.80 bits per heavy atom. The molecule has 1 rings (SSSR count). The van der Waals surface area contributed by atoms with E-state index in [1.807, 2.05) is 19.9 Å². The van der Waals surface area contributed by atoms with Crippen molar-refractivity contribution in [3.63, 3.8) is 0 Å². The molecule has 0 radical (unpaired) electrons. The summed E-state index contributed by atoms with van der Waals surface area (Å²) in [4.78, 5) is 22.1. The van der Waals surface area contributed by atoms with Gasteiger partial charge in [0, 0.05) is 18.5 Å². The van der Waals surface area contributed by atoms with Crippen molar-refractivity contribution in [1.82, 2.24) is 5.32 Å². The average Bonchev–Trinajstić information content (AvgIpc) is 2.38. The topological polar surface area (TPSA) is 108 Å². The molecule has 1 aromatic carbocycles. The first-order valence-electron chi connectivity index (χ1n) is 6.19. The number of nitrogens with one attached hydrogen (secondary N) is 2. The molecule has 0 saturated heterocycles. The summed E-state index contributed by atoms with van der Waals surface area (Å²) < 4.78 is 0. The molecule has 0 heterocycles. The highest BCUT2D eigenvalue weighted by Crippen LogP contribution is 2.25. The molecule has 0 aliphatic heterocycles. The highest BCUT2D eigenvalue weighted by Gasteiger charge is 2.17. The largest absolute Gasteiger partial charge is 0.320 e. The van der Waals surface area contributed by atoms with Gasteiger partial charge in [-0.25, -0.2) is 0 Å². The maximum atomic E-state index is 11.8. The molecule has 7 nitrogen and oxygen atoms in total. The summed E-state index contributed by atoms with van der Waals surface area (Å²) in [6.45, 7) is 4.53. The summed E-state index contributed by atoms with van der Waals surface area (Å²) in [5, 5.41) is 25.2. The van der Waals surface area contributed by atoms with Crippen LogP contribution in [0.1, 0.15) is 25.8 Å². The number of carbonyl (C=O) groups excluding carboxylic acids is 1. The van der Waals surface area contributed by atoms with Crippen molar-refractivity contribution in [2.24, 2.45) is 0 Å². The number of amides is 1. The van der Waals surface area contributed by atoms with E-state index >= 15 is 0 Å². The van der Waals surface area contributed by atoms with Crippen LogP contribution >= 0.6 is 0 Å². The minimum atomic E-state index is -0.621. The third-order valence-corrected chi connectivity index (χ3v) is 2.64. The molecule has 1 amide bonds. The fourth-order valence-electron chi connectivity index (χ4n) is 1.76. The van der Waals surface area contributed by atoms with E-state index in [1.165, 1.54) is 12.1 Å². The molecule has 0 saturated carbocycles. The van der Waals surface area contributed by atoms with Crippen molar-refractivity contribution >= 4 is 17.3 Å². The summed E-state index contributed by atoms with van der Waals surface area (Å²) in [6, 6.07) is 5.74. The Bertz CT molecular complexity index is 551. The van der Waals surface area contributed by atoms with Crippen LogP contribution < -0.4 is 10.6 Å². The number of nitrogens with zero attached hydrogens (tertiary/aromatic N) is 2. The maximum absolute atomic E-state index is 11.8. The Morgan fingerprint density at radius 2 is 2.25 bits per heavy atom. The maximum Gasteiger partial charge on any atom is 0.294 e. The molecule has 1 atom stereocenters. The van der Waals surface area contributed by atoms with Crippen molar-refractivity contribution < 1.29 is 9.72 Å². The summed E-state index contributed by atoms with van der Waals surface area (Å²) in [7, 11) is 0. The lowest BCUT2D eigenvalue weighted by Gasteiger charge is -2.12. The van der Waals surface area contributed by atoms with Gasteiger partial charge in [-0.1, -0.05) is 6.92 Å². The van der Waals surface area contributed by atoms with Gasteiger partial charge < -0.3 is 10.6 Å². The van der Waals surface area contributed by atoms with Gasteiger partial charge in [0.15, 0.2) is 0 Å². The first-order valence-corrected chi connectivity index (χ1v) is 6.19. The van der Waals surface area contributed by atoms with Gasteiger partial charge in [0.25, 0.3) is 5.69 Å². The standard InChI is InChI=1S/C13H16N4O3/c1-3-15-9(2)6-13(18)16-11-5-4-10(8-14)7-12(11)17(19)20/h4-5,7,9,15H,3,6H2,1-2H3,(H,16,18). The van der Waals surface area contributed by atoms with Crippen molar-refractivity contribution in [2.75, 3.05) is 11.9 Å². The van der Waals surface area contributed by atoms with Crippen LogP contribution in [-0.2, 0) is 4.79 Å². The number of anilines is 1. The third kappa shape index (κ3) is 4.33. The second kappa shape index (κ2) is 7.21. The lowest BCUT2D eigenvalue weighted by atomic mass is 10.1. The van der Waals surface area contributed by atoms with Crippen molar-refractivity contribution in [3.05, 3.63) is 33.9 Å². The second-order valence-corrected chi connectivity index (χ2v) is 4.31. The number of benzene rings is 1. The number of hydrogen-bond acceptors (Lipinski definition) is 5. The summed E-state index contributed by atoms with van der Waals surface area (Å²) in [6.07, 6.45) is 0.213. The summed E-state index contributed by atoms with van der Waals surface area (Å²) >= 11 is 0. The SMILES string of the molecule is CCNC(C)CC(=O)Nc1ccc(C#N)cc1[N+](=O)[O-]. The van der Waals surface area contributed by atoms with E-state index in [4.69, 9.17) is 5.26 Å². The Kier molecular flexibility index (Phi) is 5.62. The molecule has 7 heteroatoms. The van der Waals surface area contributed by atoms with Crippen LogP contribution in [0.4, 0.5) is 11.4 Å². The minimum absolute atomic E-state index is 0.0163. The molecule has 0 spiro atoms. The van der Waals surface area contributed by atoms with Gasteiger partial charge in [0.2, 0.25) is 5.91 Å². The first kappa shape index (κ1) is 15.6. The molecule has 0 aromatic heterocycles. The van der Waals surface area contributed by atoms with Gasteiger partial charge >= 0.3 is 0 Å². The van der Waals surface area contributed by atoms with Crippen LogP contribution in [0.3, 0.4) is 0 Å². The van der Waals surface area contributed by atoms with Crippen LogP contribution in [0.2, 0.25) is 0 Å². The Morgan fingerprint density at radius 1 is 1.55 bits per heavy atom. The van der Waals surface area contributed by atoms with Gasteiger partial charge in [-0.3, -0.25) is 14.9 Å². The minimum Gasteiger partial charge on any atom is -0.320 e. The van der Waals surface area contributed by atoms with Crippen LogP contribution in [0.5, 0.6) is 0 Å². The van der Waals surface area contributed by atoms with Crippen LogP contribution in [0.25, 0.3) is 0 Å². The molecule has 0 aliphatic carbocycles. The zero-order valence-corrected chi connectivity index (χ0v) is 11.3. The predicted molar refractivity (Wildman–Crippen MR) is 74.2 cm³/mol. The number of nitro benzene ring substituents is 1. The predicted octanol–water partition coefficient (Wildman–Crippen LogP) is 1.79. The molecular formula is C13H16N4O3. The van der Waals surface area contributed by atoms with Gasteiger partial charge in [-0.2, -0.15) is 5.26 Å². The Hall–Kier alpha value is -2.46. The smallest absolute Gasteiger partial charge is 0.294 e. The van der Waals surface area contributed by atoms with Crippen molar-refractivity contribution in [2.45, 2.75) is 26.3 Å². The number of nitro groups is 1. The fraction of sp³-hybridized carbons (Fsp3) is 0.385. The molecule has 106 valence electrons. The van der Waals surface area contributed by atoms with Gasteiger partial charge in [0.05, 0.1) is 16.6 Å². The van der Waals surface area contributed by atoms with Crippen LogP contribution in [0, 0.1) is 21.4 Å². The van der Waals surface area contributed by atoms with E-state index in [1.54, 1.807) is 0 Å². The summed E-state index contributed by atoms with van der Waals surface area (Å²) in [5.41, 5.74) is -0.00748. The normalized spacial score (nSPS) is 11.4. The third-order valence-electron chi connectivity index (χ3n) is 2.64. The number of nitriles is 1. The van der Waals surface area contributed by atoms with E-state index in [9.17, 15) is 14.9 Å². The number of hydrogen-bond donors (Lipinski definition) is 2. The van der Waals surface area contributed by atoms with Crippen molar-refractivity contribution in [1.29, 1.82) is 5.26 Å². The molecular weight excluding hydrogens is 260 g/mol. The second-order valence-electron chi connectivity index (χ2n) is 4.31. The Balaban J connectivity index is 2.84. The zero-order chi connectivity index (χ0) is 15.1. The highest BCUT2D eigenvalue weighted by atomic mass is 16.6. The van der Waals surface area contributed by atoms with E-state index in [0.717, 1.165) is 12.6 Å². The Labute approximate surface area is 116 Å². The molecule has 0 fully saturated rings. The molecule has 1 aromatic rings. The molecule has 0 bridgehead atoms. The first-order chi connectivity index (χ1) is 9.47. The lowest BCUT2D eigenvalue weighted by Crippen LogP contribution is -2.30. The zero-order valence-electron chi connectivity index (χ0n) is 11.3. The quantitative estimate of drug-likeness (QED) is 0.608.